The smallest absolute Gasteiger partial charge is 0.243 e. The molecule has 5 heteroatoms. The maximum absolute atomic E-state index is 12.8. The minimum Gasteiger partial charge on any atom is -0.373 e. The van der Waals surface area contributed by atoms with Gasteiger partial charge < -0.3 is 10.1 Å². The zero-order chi connectivity index (χ0) is 16.7. The van der Waals surface area contributed by atoms with Crippen molar-refractivity contribution in [3.05, 3.63) is 41.7 Å². The van der Waals surface area contributed by atoms with Crippen LogP contribution in [0.3, 0.4) is 0 Å². The van der Waals surface area contributed by atoms with Crippen molar-refractivity contribution in [3.8, 4) is 0 Å². The number of ether oxygens (including phenoxy) is 1. The summed E-state index contributed by atoms with van der Waals surface area (Å²) in [5.41, 5.74) is 0.804. The summed E-state index contributed by atoms with van der Waals surface area (Å²) in [6, 6.07) is 6.03. The molecule has 1 aliphatic rings. The monoisotopic (exact) mass is 320 g/mol. The summed E-state index contributed by atoms with van der Waals surface area (Å²) in [6.07, 6.45) is 4.61. The van der Waals surface area contributed by atoms with Crippen LogP contribution in [-0.2, 0) is 9.53 Å². The number of hydrogen-bond acceptors (Lipinski definition) is 3. The second kappa shape index (κ2) is 8.79. The topological polar surface area (TPSA) is 41.6 Å². The van der Waals surface area contributed by atoms with E-state index in [-0.39, 0.29) is 23.9 Å². The molecule has 1 aliphatic heterocycles. The van der Waals surface area contributed by atoms with E-state index < -0.39 is 0 Å². The molecule has 0 aromatic heterocycles. The number of morpholine rings is 1. The molecular weight excluding hydrogens is 295 g/mol. The maximum Gasteiger partial charge on any atom is 0.243 e. The van der Waals surface area contributed by atoms with E-state index >= 15 is 0 Å². The van der Waals surface area contributed by atoms with E-state index in [9.17, 15) is 9.18 Å². The third kappa shape index (κ3) is 6.50. The Morgan fingerprint density at radius 2 is 1.96 bits per heavy atom. The summed E-state index contributed by atoms with van der Waals surface area (Å²) < 4.78 is 18.5. The van der Waals surface area contributed by atoms with Crippen molar-refractivity contribution >= 4 is 12.0 Å². The molecule has 0 saturated carbocycles. The second-order valence-corrected chi connectivity index (χ2v) is 6.05. The molecular formula is C18H25FN2O2. The lowest BCUT2D eigenvalue weighted by Gasteiger charge is -2.35. The van der Waals surface area contributed by atoms with E-state index in [4.69, 9.17) is 4.74 Å². The van der Waals surface area contributed by atoms with Crippen LogP contribution in [0, 0.1) is 5.82 Å². The van der Waals surface area contributed by atoms with E-state index in [1.54, 1.807) is 18.2 Å². The number of halogens is 1. The molecule has 4 nitrogen and oxygen atoms in total. The third-order valence-electron chi connectivity index (χ3n) is 3.74. The predicted octanol–water partition coefficient (Wildman–Crippen LogP) is 2.45. The van der Waals surface area contributed by atoms with Gasteiger partial charge in [-0.1, -0.05) is 12.1 Å². The van der Waals surface area contributed by atoms with Crippen LogP contribution in [0.25, 0.3) is 6.08 Å². The quantitative estimate of drug-likeness (QED) is 0.647. The van der Waals surface area contributed by atoms with Gasteiger partial charge in [0.1, 0.15) is 5.82 Å². The molecule has 2 unspecified atom stereocenters. The van der Waals surface area contributed by atoms with Crippen molar-refractivity contribution in [2.75, 3.05) is 26.2 Å². The van der Waals surface area contributed by atoms with Crippen molar-refractivity contribution in [1.29, 1.82) is 0 Å². The van der Waals surface area contributed by atoms with Crippen LogP contribution in [0.5, 0.6) is 0 Å². The Morgan fingerprint density at radius 3 is 2.61 bits per heavy atom. The van der Waals surface area contributed by atoms with E-state index in [0.29, 0.717) is 6.54 Å². The SMILES string of the molecule is CC1CN(CCCNC(=O)/C=C/c2ccc(F)cc2)CC(C)O1. The van der Waals surface area contributed by atoms with Gasteiger partial charge in [-0.2, -0.15) is 0 Å². The van der Waals surface area contributed by atoms with Crippen LogP contribution < -0.4 is 5.32 Å². The van der Waals surface area contributed by atoms with Gasteiger partial charge in [-0.25, -0.2) is 4.39 Å². The molecule has 0 spiro atoms. The standard InChI is InChI=1S/C18H25FN2O2/c1-14-12-21(13-15(2)23-14)11-3-10-20-18(22)9-6-16-4-7-17(19)8-5-16/h4-9,14-15H,3,10-13H2,1-2H3,(H,20,22)/b9-6+. The molecule has 0 radical (unpaired) electrons. The number of carbonyl (C=O) groups is 1. The minimum absolute atomic E-state index is 0.127. The highest BCUT2D eigenvalue weighted by Crippen LogP contribution is 2.10. The van der Waals surface area contributed by atoms with Crippen molar-refractivity contribution in [3.63, 3.8) is 0 Å². The number of benzene rings is 1. The molecule has 2 atom stereocenters. The third-order valence-corrected chi connectivity index (χ3v) is 3.74. The Bertz CT molecular complexity index is 520. The molecule has 1 aromatic carbocycles. The summed E-state index contributed by atoms with van der Waals surface area (Å²) in [5.74, 6) is -0.406. The fourth-order valence-electron chi connectivity index (χ4n) is 2.79. The Balaban J connectivity index is 1.64. The molecule has 1 fully saturated rings. The molecule has 2 rings (SSSR count). The van der Waals surface area contributed by atoms with Gasteiger partial charge in [0.05, 0.1) is 12.2 Å². The first-order valence-electron chi connectivity index (χ1n) is 8.12. The number of hydrogen-bond donors (Lipinski definition) is 1. The Morgan fingerprint density at radius 1 is 1.30 bits per heavy atom. The lowest BCUT2D eigenvalue weighted by atomic mass is 10.2. The first-order chi connectivity index (χ1) is 11.0. The molecule has 1 amide bonds. The van der Waals surface area contributed by atoms with Crippen molar-refractivity contribution in [1.82, 2.24) is 10.2 Å². The summed E-state index contributed by atoms with van der Waals surface area (Å²) in [7, 11) is 0. The second-order valence-electron chi connectivity index (χ2n) is 6.05. The number of carbonyl (C=O) groups excluding carboxylic acids is 1. The molecule has 0 aliphatic carbocycles. The molecule has 0 bridgehead atoms. The average molecular weight is 320 g/mol. The summed E-state index contributed by atoms with van der Waals surface area (Å²) in [6.45, 7) is 7.67. The molecule has 23 heavy (non-hydrogen) atoms. The first-order valence-corrected chi connectivity index (χ1v) is 8.12. The van der Waals surface area contributed by atoms with Gasteiger partial charge in [-0.3, -0.25) is 9.69 Å². The normalized spacial score (nSPS) is 22.4. The zero-order valence-corrected chi connectivity index (χ0v) is 13.8. The van der Waals surface area contributed by atoms with E-state index in [1.165, 1.54) is 18.2 Å². The van der Waals surface area contributed by atoms with Gasteiger partial charge >= 0.3 is 0 Å². The Kier molecular flexibility index (Phi) is 6.74. The molecule has 1 N–H and O–H groups in total. The highest BCUT2D eigenvalue weighted by atomic mass is 19.1. The largest absolute Gasteiger partial charge is 0.373 e. The van der Waals surface area contributed by atoms with Gasteiger partial charge in [0.2, 0.25) is 5.91 Å². The van der Waals surface area contributed by atoms with Crippen molar-refractivity contribution < 1.29 is 13.9 Å². The summed E-state index contributed by atoms with van der Waals surface area (Å²) >= 11 is 0. The van der Waals surface area contributed by atoms with E-state index in [2.05, 4.69) is 24.1 Å². The summed E-state index contributed by atoms with van der Waals surface area (Å²) in [4.78, 5) is 14.1. The fourth-order valence-corrected chi connectivity index (χ4v) is 2.79. The van der Waals surface area contributed by atoms with Gasteiger partial charge in [-0.15, -0.1) is 0 Å². The van der Waals surface area contributed by atoms with Crippen LogP contribution in [0.1, 0.15) is 25.8 Å². The molecule has 1 saturated heterocycles. The van der Waals surface area contributed by atoms with Crippen molar-refractivity contribution in [2.45, 2.75) is 32.5 Å². The predicted molar refractivity (Wildman–Crippen MR) is 89.5 cm³/mol. The Labute approximate surface area is 137 Å². The average Bonchev–Trinajstić information content (AvgIpc) is 2.50. The van der Waals surface area contributed by atoms with Gasteiger partial charge in [0.25, 0.3) is 0 Å². The lowest BCUT2D eigenvalue weighted by molar-refractivity contribution is -0.116. The highest BCUT2D eigenvalue weighted by molar-refractivity contribution is 5.91. The molecule has 1 aromatic rings. The molecule has 126 valence electrons. The lowest BCUT2D eigenvalue weighted by Crippen LogP contribution is -2.46. The van der Waals surface area contributed by atoms with Gasteiger partial charge in [-0.05, 0) is 44.0 Å². The van der Waals surface area contributed by atoms with Gasteiger partial charge in [0.15, 0.2) is 0 Å². The number of nitrogens with zero attached hydrogens (tertiary/aromatic N) is 1. The fraction of sp³-hybridized carbons (Fsp3) is 0.500. The zero-order valence-electron chi connectivity index (χ0n) is 13.8. The molecule has 1 heterocycles. The maximum atomic E-state index is 12.8. The first kappa shape index (κ1) is 17.6. The summed E-state index contributed by atoms with van der Waals surface area (Å²) in [5, 5.41) is 2.87. The highest BCUT2D eigenvalue weighted by Gasteiger charge is 2.21. The van der Waals surface area contributed by atoms with E-state index in [0.717, 1.165) is 31.6 Å². The number of nitrogens with one attached hydrogen (secondary N) is 1. The van der Waals surface area contributed by atoms with Crippen LogP contribution in [0.4, 0.5) is 4.39 Å². The van der Waals surface area contributed by atoms with Crippen LogP contribution in [0.15, 0.2) is 30.3 Å². The van der Waals surface area contributed by atoms with Crippen molar-refractivity contribution in [2.24, 2.45) is 0 Å². The van der Waals surface area contributed by atoms with E-state index in [1.807, 2.05) is 0 Å². The van der Waals surface area contributed by atoms with Gasteiger partial charge in [0, 0.05) is 32.3 Å². The number of rotatable bonds is 6. The van der Waals surface area contributed by atoms with Crippen LogP contribution >= 0.6 is 0 Å². The van der Waals surface area contributed by atoms with Crippen LogP contribution in [0.2, 0.25) is 0 Å². The number of amides is 1. The van der Waals surface area contributed by atoms with Crippen LogP contribution in [-0.4, -0.2) is 49.2 Å². The Hall–Kier alpha value is -1.72. The minimum atomic E-state index is -0.279.